The van der Waals surface area contributed by atoms with Gasteiger partial charge in [0.2, 0.25) is 0 Å². The molecular weight excluding hydrogens is 256 g/mol. The SMILES string of the molecule is O=C(c1ccc2c(c1)CCCC2)c1ccc2c(c1)CCC2. The number of hydrogen-bond donors (Lipinski definition) is 0. The second kappa shape index (κ2) is 5.14. The molecule has 0 aromatic heterocycles. The Morgan fingerprint density at radius 3 is 1.71 bits per heavy atom. The summed E-state index contributed by atoms with van der Waals surface area (Å²) in [6, 6.07) is 12.6. The van der Waals surface area contributed by atoms with Crippen LogP contribution in [0.3, 0.4) is 0 Å². The first-order valence-corrected chi connectivity index (χ1v) is 8.09. The Balaban J connectivity index is 1.68. The average Bonchev–Trinajstić information content (AvgIpc) is 3.01. The molecule has 1 nitrogen and oxygen atoms in total. The third-order valence-corrected chi connectivity index (χ3v) is 4.97. The highest BCUT2D eigenvalue weighted by Crippen LogP contribution is 2.26. The highest BCUT2D eigenvalue weighted by atomic mass is 16.1. The van der Waals surface area contributed by atoms with Crippen LogP contribution < -0.4 is 0 Å². The largest absolute Gasteiger partial charge is 0.289 e. The van der Waals surface area contributed by atoms with Crippen LogP contribution in [0.2, 0.25) is 0 Å². The van der Waals surface area contributed by atoms with Crippen LogP contribution in [0, 0.1) is 0 Å². The predicted octanol–water partition coefficient (Wildman–Crippen LogP) is 4.29. The fraction of sp³-hybridized carbons (Fsp3) is 0.350. The molecule has 0 unspecified atom stereocenters. The number of benzene rings is 2. The summed E-state index contributed by atoms with van der Waals surface area (Å²) in [6.45, 7) is 0. The highest BCUT2D eigenvalue weighted by molar-refractivity contribution is 6.09. The summed E-state index contributed by atoms with van der Waals surface area (Å²) >= 11 is 0. The van der Waals surface area contributed by atoms with E-state index in [1.807, 2.05) is 12.1 Å². The molecule has 2 aliphatic rings. The second-order valence-corrected chi connectivity index (χ2v) is 6.36. The summed E-state index contributed by atoms with van der Waals surface area (Å²) < 4.78 is 0. The van der Waals surface area contributed by atoms with Crippen molar-refractivity contribution in [1.82, 2.24) is 0 Å². The highest BCUT2D eigenvalue weighted by Gasteiger charge is 2.17. The molecule has 106 valence electrons. The zero-order chi connectivity index (χ0) is 14.2. The van der Waals surface area contributed by atoms with Crippen molar-refractivity contribution in [2.45, 2.75) is 44.9 Å². The minimum absolute atomic E-state index is 0.179. The molecule has 2 aliphatic carbocycles. The number of aryl methyl sites for hydroxylation is 4. The van der Waals surface area contributed by atoms with Crippen LogP contribution in [0.4, 0.5) is 0 Å². The van der Waals surface area contributed by atoms with Crippen molar-refractivity contribution in [2.75, 3.05) is 0 Å². The van der Waals surface area contributed by atoms with Crippen molar-refractivity contribution in [3.63, 3.8) is 0 Å². The van der Waals surface area contributed by atoms with Crippen LogP contribution in [0.5, 0.6) is 0 Å². The number of rotatable bonds is 2. The summed E-state index contributed by atoms with van der Waals surface area (Å²) in [5.41, 5.74) is 7.33. The lowest BCUT2D eigenvalue weighted by Gasteiger charge is -2.16. The van der Waals surface area contributed by atoms with Gasteiger partial charge in [0, 0.05) is 11.1 Å². The molecule has 0 heterocycles. The van der Waals surface area contributed by atoms with Gasteiger partial charge < -0.3 is 0 Å². The van der Waals surface area contributed by atoms with Crippen LogP contribution in [-0.2, 0) is 25.7 Å². The van der Waals surface area contributed by atoms with E-state index in [-0.39, 0.29) is 5.78 Å². The van der Waals surface area contributed by atoms with Gasteiger partial charge in [-0.05, 0) is 79.3 Å². The van der Waals surface area contributed by atoms with Gasteiger partial charge in [-0.1, -0.05) is 24.3 Å². The average molecular weight is 276 g/mol. The van der Waals surface area contributed by atoms with Gasteiger partial charge in [-0.3, -0.25) is 4.79 Å². The van der Waals surface area contributed by atoms with Crippen molar-refractivity contribution in [1.29, 1.82) is 0 Å². The standard InChI is InChI=1S/C20H20O/c21-20(19-11-9-15-6-3-7-17(15)13-19)18-10-8-14-4-1-2-5-16(14)12-18/h8-13H,1-7H2. The molecule has 0 amide bonds. The number of carbonyl (C=O) groups is 1. The lowest BCUT2D eigenvalue weighted by Crippen LogP contribution is -2.07. The Kier molecular flexibility index (Phi) is 3.14. The van der Waals surface area contributed by atoms with Gasteiger partial charge in [0.05, 0.1) is 0 Å². The molecule has 0 bridgehead atoms. The molecule has 0 saturated heterocycles. The summed E-state index contributed by atoms with van der Waals surface area (Å²) in [5.74, 6) is 0.179. The molecule has 0 N–H and O–H groups in total. The molecule has 0 fully saturated rings. The molecule has 21 heavy (non-hydrogen) atoms. The van der Waals surface area contributed by atoms with E-state index >= 15 is 0 Å². The summed E-state index contributed by atoms with van der Waals surface area (Å²) in [7, 11) is 0. The van der Waals surface area contributed by atoms with E-state index < -0.39 is 0 Å². The fourth-order valence-corrected chi connectivity index (χ4v) is 3.75. The Morgan fingerprint density at radius 2 is 1.10 bits per heavy atom. The van der Waals surface area contributed by atoms with Gasteiger partial charge in [0.1, 0.15) is 0 Å². The zero-order valence-electron chi connectivity index (χ0n) is 12.3. The van der Waals surface area contributed by atoms with Gasteiger partial charge in [0.25, 0.3) is 0 Å². The number of hydrogen-bond acceptors (Lipinski definition) is 1. The van der Waals surface area contributed by atoms with Crippen molar-refractivity contribution in [3.05, 3.63) is 69.8 Å². The number of carbonyl (C=O) groups excluding carboxylic acids is 1. The predicted molar refractivity (Wildman–Crippen MR) is 85.0 cm³/mol. The van der Waals surface area contributed by atoms with E-state index in [0.29, 0.717) is 0 Å². The number of fused-ring (bicyclic) bond motifs is 2. The van der Waals surface area contributed by atoms with Gasteiger partial charge in [0.15, 0.2) is 5.78 Å². The van der Waals surface area contributed by atoms with Gasteiger partial charge >= 0.3 is 0 Å². The maximum Gasteiger partial charge on any atom is 0.193 e. The first-order chi connectivity index (χ1) is 10.3. The quantitative estimate of drug-likeness (QED) is 0.748. The normalized spacial score (nSPS) is 16.4. The van der Waals surface area contributed by atoms with E-state index in [1.54, 1.807) is 0 Å². The molecule has 2 aromatic rings. The second-order valence-electron chi connectivity index (χ2n) is 6.36. The topological polar surface area (TPSA) is 17.1 Å². The molecule has 0 atom stereocenters. The molecule has 0 aliphatic heterocycles. The maximum absolute atomic E-state index is 12.7. The molecule has 2 aromatic carbocycles. The summed E-state index contributed by atoms with van der Waals surface area (Å²) in [6.07, 6.45) is 8.35. The smallest absolute Gasteiger partial charge is 0.193 e. The maximum atomic E-state index is 12.7. The first kappa shape index (κ1) is 12.8. The molecule has 0 spiro atoms. The van der Waals surface area contributed by atoms with Crippen molar-refractivity contribution in [2.24, 2.45) is 0 Å². The van der Waals surface area contributed by atoms with E-state index in [4.69, 9.17) is 0 Å². The monoisotopic (exact) mass is 276 g/mol. The Labute approximate surface area is 126 Å². The Hall–Kier alpha value is -1.89. The molecule has 4 rings (SSSR count). The minimum atomic E-state index is 0.179. The minimum Gasteiger partial charge on any atom is -0.289 e. The Morgan fingerprint density at radius 1 is 0.619 bits per heavy atom. The molecular formula is C20H20O. The van der Waals surface area contributed by atoms with Crippen LogP contribution in [0.25, 0.3) is 0 Å². The third-order valence-electron chi connectivity index (χ3n) is 4.97. The van der Waals surface area contributed by atoms with E-state index in [2.05, 4.69) is 24.3 Å². The van der Waals surface area contributed by atoms with Gasteiger partial charge in [-0.25, -0.2) is 0 Å². The summed E-state index contributed by atoms with van der Waals surface area (Å²) in [5, 5.41) is 0. The molecule has 0 radical (unpaired) electrons. The van der Waals surface area contributed by atoms with Crippen molar-refractivity contribution < 1.29 is 4.79 Å². The van der Waals surface area contributed by atoms with E-state index in [1.165, 1.54) is 54.4 Å². The lowest BCUT2D eigenvalue weighted by molar-refractivity contribution is 0.103. The third kappa shape index (κ3) is 2.31. The lowest BCUT2D eigenvalue weighted by atomic mass is 9.89. The molecule has 0 saturated carbocycles. The van der Waals surface area contributed by atoms with Gasteiger partial charge in [-0.2, -0.15) is 0 Å². The van der Waals surface area contributed by atoms with Crippen LogP contribution >= 0.6 is 0 Å². The Bertz CT molecular complexity index is 712. The van der Waals surface area contributed by atoms with Crippen LogP contribution in [-0.4, -0.2) is 5.78 Å². The van der Waals surface area contributed by atoms with E-state index in [9.17, 15) is 4.79 Å². The van der Waals surface area contributed by atoms with Gasteiger partial charge in [-0.15, -0.1) is 0 Å². The summed E-state index contributed by atoms with van der Waals surface area (Å²) in [4.78, 5) is 12.7. The first-order valence-electron chi connectivity index (χ1n) is 8.09. The van der Waals surface area contributed by atoms with Crippen LogP contribution in [0.15, 0.2) is 36.4 Å². The van der Waals surface area contributed by atoms with Crippen molar-refractivity contribution in [3.8, 4) is 0 Å². The van der Waals surface area contributed by atoms with Crippen molar-refractivity contribution >= 4 is 5.78 Å². The number of ketones is 1. The zero-order valence-corrected chi connectivity index (χ0v) is 12.3. The van der Waals surface area contributed by atoms with Crippen LogP contribution in [0.1, 0.15) is 57.4 Å². The molecule has 1 heteroatoms. The van der Waals surface area contributed by atoms with E-state index in [0.717, 1.165) is 24.0 Å². The fourth-order valence-electron chi connectivity index (χ4n) is 3.75.